The lowest BCUT2D eigenvalue weighted by Crippen LogP contribution is -2.48. The monoisotopic (exact) mass is 477 g/mol. The topological polar surface area (TPSA) is 128 Å². The lowest BCUT2D eigenvalue weighted by molar-refractivity contribution is -0.385. The summed E-state index contributed by atoms with van der Waals surface area (Å²) >= 11 is 6.18. The van der Waals surface area contributed by atoms with Crippen LogP contribution in [-0.2, 0) is 23.7 Å². The van der Waals surface area contributed by atoms with Gasteiger partial charge in [-0.3, -0.25) is 10.1 Å². The van der Waals surface area contributed by atoms with Gasteiger partial charge in [-0.2, -0.15) is 0 Å². The molecule has 2 aliphatic heterocycles. The number of ether oxygens (including phenoxy) is 7. The fourth-order valence-corrected chi connectivity index (χ4v) is 4.02. The third-order valence-electron chi connectivity index (χ3n) is 5.06. The fraction of sp³-hybridized carbons (Fsp3) is 0.700. The van der Waals surface area contributed by atoms with Crippen LogP contribution < -0.4 is 9.47 Å². The highest BCUT2D eigenvalue weighted by Crippen LogP contribution is 2.41. The molecule has 3 rings (SSSR count). The number of methoxy groups -OCH3 is 2. The second-order valence-corrected chi connectivity index (χ2v) is 8.76. The summed E-state index contributed by atoms with van der Waals surface area (Å²) in [4.78, 5) is 10.6. The smallest absolute Gasteiger partial charge is 0.312 e. The first-order chi connectivity index (χ1) is 14.9. The molecule has 1 unspecified atom stereocenters. The van der Waals surface area contributed by atoms with E-state index in [0.717, 1.165) is 6.07 Å². The highest BCUT2D eigenvalue weighted by atomic mass is 35.5. The molecule has 1 aromatic carbocycles. The maximum absolute atomic E-state index is 11.2. The van der Waals surface area contributed by atoms with Gasteiger partial charge in [-0.1, -0.05) is 11.6 Å². The molecule has 0 bridgehead atoms. The van der Waals surface area contributed by atoms with Crippen LogP contribution in [0.1, 0.15) is 27.7 Å². The van der Waals surface area contributed by atoms with Gasteiger partial charge in [-0.05, 0) is 27.7 Å². The van der Waals surface area contributed by atoms with Crippen molar-refractivity contribution in [3.8, 4) is 11.5 Å². The lowest BCUT2D eigenvalue weighted by atomic mass is 10.0. The first-order valence-corrected chi connectivity index (χ1v) is 10.3. The van der Waals surface area contributed by atoms with E-state index in [1.54, 1.807) is 27.7 Å². The molecule has 0 spiro atoms. The van der Waals surface area contributed by atoms with Crippen molar-refractivity contribution in [1.29, 1.82) is 0 Å². The number of nitro benzene ring substituents is 1. The van der Waals surface area contributed by atoms with Gasteiger partial charge in [0.1, 0.15) is 36.8 Å². The van der Waals surface area contributed by atoms with Gasteiger partial charge >= 0.3 is 5.69 Å². The molecule has 180 valence electrons. The maximum Gasteiger partial charge on any atom is 0.312 e. The molecule has 2 aliphatic rings. The van der Waals surface area contributed by atoms with Crippen molar-refractivity contribution in [2.24, 2.45) is 0 Å². The normalized spacial score (nSPS) is 29.6. The molecule has 1 N–H and O–H groups in total. The minimum Gasteiger partial charge on any atom is -0.490 e. The number of nitro groups is 1. The van der Waals surface area contributed by atoms with Crippen molar-refractivity contribution < 1.29 is 43.2 Å². The average molecular weight is 478 g/mol. The van der Waals surface area contributed by atoms with E-state index in [0.29, 0.717) is 0 Å². The van der Waals surface area contributed by atoms with Gasteiger partial charge in [0, 0.05) is 19.2 Å². The average Bonchev–Trinajstić information content (AvgIpc) is 3.20. The predicted molar refractivity (Wildman–Crippen MR) is 111 cm³/mol. The van der Waals surface area contributed by atoms with Crippen LogP contribution in [-0.4, -0.2) is 73.1 Å². The van der Waals surface area contributed by atoms with Gasteiger partial charge in [-0.15, -0.1) is 0 Å². The van der Waals surface area contributed by atoms with E-state index in [2.05, 4.69) is 0 Å². The van der Waals surface area contributed by atoms with Crippen molar-refractivity contribution in [2.75, 3.05) is 20.8 Å². The van der Waals surface area contributed by atoms with Crippen LogP contribution in [0.5, 0.6) is 11.5 Å². The summed E-state index contributed by atoms with van der Waals surface area (Å²) in [5, 5.41) is 21.5. The molecule has 0 radical (unpaired) electrons. The molecule has 32 heavy (non-hydrogen) atoms. The molecule has 11 nitrogen and oxygen atoms in total. The van der Waals surface area contributed by atoms with Crippen molar-refractivity contribution in [2.45, 2.75) is 70.0 Å². The van der Waals surface area contributed by atoms with E-state index in [4.69, 9.17) is 44.8 Å². The highest BCUT2D eigenvalue weighted by molar-refractivity contribution is 6.32. The molecule has 2 fully saturated rings. The number of benzene rings is 1. The van der Waals surface area contributed by atoms with Gasteiger partial charge in [0.05, 0.1) is 17.1 Å². The molecule has 12 heteroatoms. The summed E-state index contributed by atoms with van der Waals surface area (Å²) in [6, 6.07) is 2.50. The van der Waals surface area contributed by atoms with Crippen LogP contribution >= 0.6 is 11.6 Å². The first-order valence-electron chi connectivity index (χ1n) is 9.94. The Morgan fingerprint density at radius 1 is 1.09 bits per heavy atom. The Kier molecular flexibility index (Phi) is 7.20. The first kappa shape index (κ1) is 24.9. The second kappa shape index (κ2) is 9.26. The minimum absolute atomic E-state index is 0.00688. The maximum atomic E-state index is 11.2. The standard InChI is InChI=1S/C20H28ClNO10/c1-19(2)29-14(9-28-12-8-13(26-5)11(22(24)25)7-10(12)21)15(30-19)16-17(18(23)27-6)32-20(3,4)31-16/h7-8,14-18,23H,9H2,1-6H3/t14-,15+,16-,17+,18?/m1/s1. The lowest BCUT2D eigenvalue weighted by Gasteiger charge is -2.27. The molecular weight excluding hydrogens is 450 g/mol. The fourth-order valence-electron chi connectivity index (χ4n) is 3.81. The highest BCUT2D eigenvalue weighted by Gasteiger charge is 2.55. The Hall–Kier alpha value is -1.73. The largest absolute Gasteiger partial charge is 0.490 e. The Balaban J connectivity index is 1.82. The van der Waals surface area contributed by atoms with Crippen LogP contribution in [0.25, 0.3) is 0 Å². The van der Waals surface area contributed by atoms with Crippen LogP contribution in [0.4, 0.5) is 5.69 Å². The minimum atomic E-state index is -1.25. The molecule has 0 amide bonds. The van der Waals surface area contributed by atoms with Crippen molar-refractivity contribution in [3.05, 3.63) is 27.3 Å². The number of aliphatic hydroxyl groups is 1. The van der Waals surface area contributed by atoms with Gasteiger partial charge in [0.2, 0.25) is 5.75 Å². The number of halogens is 1. The molecule has 0 aliphatic carbocycles. The number of hydrogen-bond acceptors (Lipinski definition) is 10. The third kappa shape index (κ3) is 5.25. The van der Waals surface area contributed by atoms with Crippen molar-refractivity contribution >= 4 is 17.3 Å². The predicted octanol–water partition coefficient (Wildman–Crippen LogP) is 2.64. The molecular formula is C20H28ClNO10. The van der Waals surface area contributed by atoms with Gasteiger partial charge in [0.25, 0.3) is 0 Å². The van der Waals surface area contributed by atoms with Crippen LogP contribution in [0, 0.1) is 10.1 Å². The summed E-state index contributed by atoms with van der Waals surface area (Å²) in [5.41, 5.74) is -0.278. The van der Waals surface area contributed by atoms with E-state index in [-0.39, 0.29) is 28.8 Å². The number of aliphatic hydroxyl groups excluding tert-OH is 1. The van der Waals surface area contributed by atoms with Gasteiger partial charge in [0.15, 0.2) is 17.9 Å². The van der Waals surface area contributed by atoms with E-state index in [1.165, 1.54) is 20.3 Å². The number of hydrogen-bond donors (Lipinski definition) is 1. The summed E-state index contributed by atoms with van der Waals surface area (Å²) in [7, 11) is 2.67. The summed E-state index contributed by atoms with van der Waals surface area (Å²) in [5.74, 6) is -1.76. The van der Waals surface area contributed by atoms with E-state index >= 15 is 0 Å². The zero-order valence-electron chi connectivity index (χ0n) is 18.7. The van der Waals surface area contributed by atoms with E-state index < -0.39 is 47.2 Å². The van der Waals surface area contributed by atoms with Crippen LogP contribution in [0.2, 0.25) is 5.02 Å². The number of nitrogens with zero attached hydrogens (tertiary/aromatic N) is 1. The SMILES string of the molecule is COc1cc(OC[C@H]2OC(C)(C)O[C@@H]2[C@H]2OC(C)(C)O[C@@H]2C(O)OC)c(Cl)cc1[N+](=O)[O-]. The Morgan fingerprint density at radius 3 is 2.31 bits per heavy atom. The zero-order chi connectivity index (χ0) is 23.8. The summed E-state index contributed by atoms with van der Waals surface area (Å²) in [6.45, 7) is 6.90. The van der Waals surface area contributed by atoms with Crippen molar-refractivity contribution in [3.63, 3.8) is 0 Å². The Labute approximate surface area is 190 Å². The van der Waals surface area contributed by atoms with Crippen LogP contribution in [0.3, 0.4) is 0 Å². The quantitative estimate of drug-likeness (QED) is 0.339. The third-order valence-corrected chi connectivity index (χ3v) is 5.36. The van der Waals surface area contributed by atoms with E-state index in [9.17, 15) is 15.2 Å². The molecule has 5 atom stereocenters. The summed E-state index contributed by atoms with van der Waals surface area (Å²) in [6.07, 6.45) is -4.12. The summed E-state index contributed by atoms with van der Waals surface area (Å²) < 4.78 is 39.8. The Bertz CT molecular complexity index is 848. The van der Waals surface area contributed by atoms with Gasteiger partial charge in [-0.25, -0.2) is 0 Å². The number of rotatable bonds is 8. The zero-order valence-corrected chi connectivity index (χ0v) is 19.5. The Morgan fingerprint density at radius 2 is 1.72 bits per heavy atom. The molecule has 2 heterocycles. The van der Waals surface area contributed by atoms with Crippen LogP contribution in [0.15, 0.2) is 12.1 Å². The molecule has 0 saturated carbocycles. The van der Waals surface area contributed by atoms with Crippen molar-refractivity contribution in [1.82, 2.24) is 0 Å². The molecule has 0 aromatic heterocycles. The molecule has 1 aromatic rings. The van der Waals surface area contributed by atoms with Gasteiger partial charge < -0.3 is 38.3 Å². The second-order valence-electron chi connectivity index (χ2n) is 8.35. The molecule has 2 saturated heterocycles. The van der Waals surface area contributed by atoms with E-state index in [1.807, 2.05) is 0 Å².